The zero-order valence-corrected chi connectivity index (χ0v) is 21.0. The van der Waals surface area contributed by atoms with Crippen LogP contribution in [0.4, 0.5) is 11.4 Å². The van der Waals surface area contributed by atoms with Crippen molar-refractivity contribution in [2.45, 2.75) is 12.8 Å². The molecule has 2 amide bonds. The van der Waals surface area contributed by atoms with Crippen molar-refractivity contribution in [3.8, 4) is 0 Å². The Morgan fingerprint density at radius 2 is 1.46 bits per heavy atom. The molecule has 0 bridgehead atoms. The van der Waals surface area contributed by atoms with E-state index in [0.717, 1.165) is 29.9 Å². The molecule has 0 spiro atoms. The number of anilines is 2. The molecule has 1 saturated heterocycles. The first-order valence-electron chi connectivity index (χ1n) is 11.4. The number of piperazine rings is 1. The van der Waals surface area contributed by atoms with Crippen molar-refractivity contribution in [3.63, 3.8) is 0 Å². The van der Waals surface area contributed by atoms with E-state index in [2.05, 4.69) is 15.5 Å². The average molecular weight is 507 g/mol. The van der Waals surface area contributed by atoms with Gasteiger partial charge in [0.05, 0.1) is 16.6 Å². The highest BCUT2D eigenvalue weighted by atomic mass is 35.5. The Morgan fingerprint density at radius 3 is 1.97 bits per heavy atom. The third-order valence-corrected chi connectivity index (χ3v) is 6.54. The van der Waals surface area contributed by atoms with Crippen molar-refractivity contribution in [2.24, 2.45) is 0 Å². The van der Waals surface area contributed by atoms with Crippen LogP contribution in [0.15, 0.2) is 78.9 Å². The van der Waals surface area contributed by atoms with Gasteiger partial charge in [-0.05, 0) is 41.5 Å². The largest absolute Gasteiger partial charge is 0.367 e. The lowest BCUT2D eigenvalue weighted by Crippen LogP contribution is -2.48. The Morgan fingerprint density at radius 1 is 0.886 bits per heavy atom. The number of thiocarbonyl (C=S) groups is 1. The summed E-state index contributed by atoms with van der Waals surface area (Å²) in [5, 5.41) is 6.67. The van der Waals surface area contributed by atoms with Crippen LogP contribution >= 0.6 is 23.8 Å². The van der Waals surface area contributed by atoms with E-state index < -0.39 is 5.92 Å². The molecule has 3 aromatic carbocycles. The fourth-order valence-corrected chi connectivity index (χ4v) is 4.75. The summed E-state index contributed by atoms with van der Waals surface area (Å²) < 4.78 is 0. The minimum absolute atomic E-state index is 0.0904. The maximum Gasteiger partial charge on any atom is 0.238 e. The molecule has 1 fully saturated rings. The molecule has 0 radical (unpaired) electrons. The molecular formula is C27H27ClN4O2S. The van der Waals surface area contributed by atoms with Gasteiger partial charge in [-0.1, -0.05) is 72.3 Å². The number of halogens is 1. The van der Waals surface area contributed by atoms with E-state index in [1.54, 1.807) is 13.0 Å². The quantitative estimate of drug-likeness (QED) is 0.493. The number of amides is 2. The topological polar surface area (TPSA) is 64.7 Å². The summed E-state index contributed by atoms with van der Waals surface area (Å²) >= 11 is 12.0. The standard InChI is InChI=1S/C27H27ClN4O2S/c1-19(33)31-14-16-32(17-15-31)24-13-12-22(18-23(24)28)29-27(35)30-26(34)25(20-8-4-2-5-9-20)21-10-6-3-7-11-21/h2-13,18,25H,14-17H2,1H3,(H2,29,30,34,35). The minimum atomic E-state index is -0.489. The summed E-state index contributed by atoms with van der Waals surface area (Å²) in [7, 11) is 0. The third kappa shape index (κ3) is 6.18. The minimum Gasteiger partial charge on any atom is -0.367 e. The molecule has 0 aromatic heterocycles. The van der Waals surface area contributed by atoms with Gasteiger partial charge in [-0.25, -0.2) is 0 Å². The lowest BCUT2D eigenvalue weighted by molar-refractivity contribution is -0.129. The fraction of sp³-hybridized carbons (Fsp3) is 0.222. The number of nitrogens with one attached hydrogen (secondary N) is 2. The van der Waals surface area contributed by atoms with E-state index in [-0.39, 0.29) is 16.9 Å². The number of nitrogens with zero attached hydrogens (tertiary/aromatic N) is 2. The number of carbonyl (C=O) groups excluding carboxylic acids is 2. The molecule has 0 unspecified atom stereocenters. The van der Waals surface area contributed by atoms with E-state index in [4.69, 9.17) is 23.8 Å². The van der Waals surface area contributed by atoms with Crippen LogP contribution in [0.1, 0.15) is 24.0 Å². The normalized spacial score (nSPS) is 13.5. The summed E-state index contributed by atoms with van der Waals surface area (Å²) in [6.45, 7) is 4.38. The van der Waals surface area contributed by atoms with Gasteiger partial charge in [-0.15, -0.1) is 0 Å². The van der Waals surface area contributed by atoms with Gasteiger partial charge in [0.2, 0.25) is 11.8 Å². The molecular weight excluding hydrogens is 480 g/mol. The van der Waals surface area contributed by atoms with Gasteiger partial charge in [-0.2, -0.15) is 0 Å². The number of hydrogen-bond donors (Lipinski definition) is 2. The van der Waals surface area contributed by atoms with Crippen LogP contribution in [0, 0.1) is 0 Å². The number of benzene rings is 3. The first kappa shape index (κ1) is 24.7. The first-order valence-corrected chi connectivity index (χ1v) is 12.2. The summed E-state index contributed by atoms with van der Waals surface area (Å²) in [6.07, 6.45) is 0. The van der Waals surface area contributed by atoms with Crippen LogP contribution in [0.3, 0.4) is 0 Å². The van der Waals surface area contributed by atoms with Crippen LogP contribution in [-0.2, 0) is 9.59 Å². The van der Waals surface area contributed by atoms with Crippen molar-refractivity contribution < 1.29 is 9.59 Å². The van der Waals surface area contributed by atoms with Crippen molar-refractivity contribution in [1.29, 1.82) is 0 Å². The molecule has 6 nitrogen and oxygen atoms in total. The van der Waals surface area contributed by atoms with Gasteiger partial charge >= 0.3 is 0 Å². The molecule has 2 N–H and O–H groups in total. The lowest BCUT2D eigenvalue weighted by Gasteiger charge is -2.36. The number of carbonyl (C=O) groups is 2. The second-order valence-electron chi connectivity index (χ2n) is 8.36. The van der Waals surface area contributed by atoms with E-state index in [9.17, 15) is 9.59 Å². The van der Waals surface area contributed by atoms with Crippen molar-refractivity contribution >= 4 is 52.1 Å². The summed E-state index contributed by atoms with van der Waals surface area (Å²) in [4.78, 5) is 28.8. The highest BCUT2D eigenvalue weighted by Gasteiger charge is 2.24. The predicted molar refractivity (Wildman–Crippen MR) is 145 cm³/mol. The van der Waals surface area contributed by atoms with Crippen LogP contribution in [0.2, 0.25) is 5.02 Å². The van der Waals surface area contributed by atoms with Gasteiger partial charge < -0.3 is 20.4 Å². The Bertz CT molecular complexity index is 1160. The van der Waals surface area contributed by atoms with Gasteiger partial charge in [0.25, 0.3) is 0 Å². The maximum absolute atomic E-state index is 13.2. The lowest BCUT2D eigenvalue weighted by atomic mass is 9.90. The molecule has 3 aromatic rings. The third-order valence-electron chi connectivity index (χ3n) is 6.04. The molecule has 180 valence electrons. The van der Waals surface area contributed by atoms with Gasteiger partial charge in [0.1, 0.15) is 0 Å². The molecule has 35 heavy (non-hydrogen) atoms. The zero-order chi connectivity index (χ0) is 24.8. The molecule has 0 saturated carbocycles. The molecule has 1 heterocycles. The first-order chi connectivity index (χ1) is 16.9. The Kier molecular flexibility index (Phi) is 8.00. The van der Waals surface area contributed by atoms with E-state index in [0.29, 0.717) is 23.8 Å². The fourth-order valence-electron chi connectivity index (χ4n) is 4.24. The van der Waals surface area contributed by atoms with Crippen molar-refractivity contribution in [3.05, 3.63) is 95.0 Å². The highest BCUT2D eigenvalue weighted by molar-refractivity contribution is 7.80. The summed E-state index contributed by atoms with van der Waals surface area (Å²) in [5.74, 6) is -0.615. The summed E-state index contributed by atoms with van der Waals surface area (Å²) in [6, 6.07) is 24.8. The molecule has 1 aliphatic rings. The molecule has 0 aliphatic carbocycles. The zero-order valence-electron chi connectivity index (χ0n) is 19.4. The molecule has 0 atom stereocenters. The van der Waals surface area contributed by atoms with E-state index in [1.807, 2.05) is 77.7 Å². The smallest absolute Gasteiger partial charge is 0.238 e. The van der Waals surface area contributed by atoms with Crippen molar-refractivity contribution in [1.82, 2.24) is 10.2 Å². The predicted octanol–water partition coefficient (Wildman–Crippen LogP) is 4.65. The van der Waals surface area contributed by atoms with Crippen LogP contribution in [-0.4, -0.2) is 48.0 Å². The monoisotopic (exact) mass is 506 g/mol. The van der Waals surface area contributed by atoms with Crippen molar-refractivity contribution in [2.75, 3.05) is 36.4 Å². The van der Waals surface area contributed by atoms with Gasteiger partial charge in [0.15, 0.2) is 5.11 Å². The number of hydrogen-bond acceptors (Lipinski definition) is 4. The van der Waals surface area contributed by atoms with Crippen LogP contribution in [0.25, 0.3) is 0 Å². The molecule has 1 aliphatic heterocycles. The number of rotatable bonds is 5. The average Bonchev–Trinajstić information content (AvgIpc) is 2.85. The second kappa shape index (κ2) is 11.3. The Hall–Kier alpha value is -3.42. The molecule has 8 heteroatoms. The second-order valence-corrected chi connectivity index (χ2v) is 9.17. The SMILES string of the molecule is CC(=O)N1CCN(c2ccc(NC(=S)NC(=O)C(c3ccccc3)c3ccccc3)cc2Cl)CC1. The van der Waals surface area contributed by atoms with Crippen LogP contribution in [0.5, 0.6) is 0 Å². The highest BCUT2D eigenvalue weighted by Crippen LogP contribution is 2.30. The van der Waals surface area contributed by atoms with Crippen LogP contribution < -0.4 is 15.5 Å². The summed E-state index contributed by atoms with van der Waals surface area (Å²) in [5.41, 5.74) is 3.36. The Balaban J connectivity index is 1.42. The van der Waals surface area contributed by atoms with E-state index in [1.165, 1.54) is 0 Å². The molecule has 4 rings (SSSR count). The maximum atomic E-state index is 13.2. The van der Waals surface area contributed by atoms with Gasteiger partial charge in [-0.3, -0.25) is 9.59 Å². The van der Waals surface area contributed by atoms with Gasteiger partial charge in [0, 0.05) is 38.8 Å². The van der Waals surface area contributed by atoms with E-state index >= 15 is 0 Å². The Labute approximate surface area is 215 Å².